The molecule has 0 radical (unpaired) electrons. The van der Waals surface area contributed by atoms with E-state index in [9.17, 15) is 9.90 Å². The lowest BCUT2D eigenvalue weighted by Gasteiger charge is -2.30. The molecule has 0 saturated heterocycles. The van der Waals surface area contributed by atoms with E-state index < -0.39 is 0 Å². The summed E-state index contributed by atoms with van der Waals surface area (Å²) < 4.78 is 1.72. The molecule has 2 atom stereocenters. The van der Waals surface area contributed by atoms with Crippen LogP contribution in [0.25, 0.3) is 0 Å². The van der Waals surface area contributed by atoms with E-state index in [2.05, 4.69) is 10.4 Å². The fourth-order valence-corrected chi connectivity index (χ4v) is 2.81. The van der Waals surface area contributed by atoms with Crippen molar-refractivity contribution in [2.24, 2.45) is 5.41 Å². The van der Waals surface area contributed by atoms with Gasteiger partial charge in [0.15, 0.2) is 0 Å². The summed E-state index contributed by atoms with van der Waals surface area (Å²) >= 11 is 0. The normalized spacial score (nSPS) is 26.9. The van der Waals surface area contributed by atoms with E-state index in [-0.39, 0.29) is 30.0 Å². The molecule has 5 nitrogen and oxygen atoms in total. The van der Waals surface area contributed by atoms with Crippen LogP contribution in [-0.4, -0.2) is 33.4 Å². The van der Waals surface area contributed by atoms with E-state index in [4.69, 9.17) is 0 Å². The van der Waals surface area contributed by atoms with Gasteiger partial charge in [-0.3, -0.25) is 9.48 Å². The van der Waals surface area contributed by atoms with Gasteiger partial charge in [0.25, 0.3) is 5.91 Å². The van der Waals surface area contributed by atoms with Gasteiger partial charge in [-0.2, -0.15) is 5.10 Å². The Morgan fingerprint density at radius 2 is 2.42 bits per heavy atom. The molecule has 0 aliphatic heterocycles. The van der Waals surface area contributed by atoms with Gasteiger partial charge in [-0.1, -0.05) is 13.3 Å². The Hall–Kier alpha value is -1.36. The van der Waals surface area contributed by atoms with Crippen molar-refractivity contribution in [2.45, 2.75) is 52.1 Å². The number of carbonyl (C=O) groups is 1. The smallest absolute Gasteiger partial charge is 0.269 e. The van der Waals surface area contributed by atoms with Crippen LogP contribution in [0.3, 0.4) is 0 Å². The quantitative estimate of drug-likeness (QED) is 0.871. The minimum Gasteiger partial charge on any atom is -0.396 e. The van der Waals surface area contributed by atoms with Crippen LogP contribution in [0.2, 0.25) is 0 Å². The molecular formula is C14H23N3O2. The number of nitrogens with one attached hydrogen (secondary N) is 1. The zero-order valence-corrected chi connectivity index (χ0v) is 11.9. The summed E-state index contributed by atoms with van der Waals surface area (Å²) in [6, 6.07) is 1.93. The van der Waals surface area contributed by atoms with Crippen molar-refractivity contribution in [3.63, 3.8) is 0 Å². The van der Waals surface area contributed by atoms with Crippen LogP contribution in [0.1, 0.15) is 56.6 Å². The van der Waals surface area contributed by atoms with Crippen molar-refractivity contribution >= 4 is 5.91 Å². The molecule has 2 unspecified atom stereocenters. The van der Waals surface area contributed by atoms with Crippen LogP contribution in [0.15, 0.2) is 12.3 Å². The van der Waals surface area contributed by atoms with Gasteiger partial charge in [0, 0.05) is 23.7 Å². The lowest BCUT2D eigenvalue weighted by Crippen LogP contribution is -2.45. The van der Waals surface area contributed by atoms with E-state index in [1.54, 1.807) is 16.9 Å². The predicted molar refractivity (Wildman–Crippen MR) is 72.9 cm³/mol. The average Bonchev–Trinajstić information content (AvgIpc) is 2.97. The van der Waals surface area contributed by atoms with Gasteiger partial charge >= 0.3 is 0 Å². The highest BCUT2D eigenvalue weighted by Gasteiger charge is 2.39. The third-order valence-electron chi connectivity index (χ3n) is 4.14. The number of carbonyl (C=O) groups excluding carboxylic acids is 1. The molecule has 1 aromatic heterocycles. The second-order valence-corrected chi connectivity index (χ2v) is 5.99. The highest BCUT2D eigenvalue weighted by atomic mass is 16.3. The maximum atomic E-state index is 12.3. The number of nitrogens with zero attached hydrogens (tertiary/aromatic N) is 2. The van der Waals surface area contributed by atoms with E-state index in [1.807, 2.05) is 20.8 Å². The second-order valence-electron chi connectivity index (χ2n) is 5.99. The zero-order valence-electron chi connectivity index (χ0n) is 11.9. The molecule has 5 heteroatoms. The lowest BCUT2D eigenvalue weighted by atomic mass is 9.86. The molecule has 1 aliphatic carbocycles. The number of aliphatic hydroxyl groups excluding tert-OH is 1. The SMILES string of the molecule is CC(C)n1nccc1C(=O)NC1CCCC1(C)CO. The molecular weight excluding hydrogens is 242 g/mol. The van der Waals surface area contributed by atoms with Gasteiger partial charge in [0.2, 0.25) is 0 Å². The molecule has 1 aromatic rings. The molecule has 1 amide bonds. The van der Waals surface area contributed by atoms with Crippen molar-refractivity contribution in [1.29, 1.82) is 0 Å². The van der Waals surface area contributed by atoms with Gasteiger partial charge in [-0.05, 0) is 32.8 Å². The molecule has 0 bridgehead atoms. The number of rotatable bonds is 4. The number of hydrogen-bond donors (Lipinski definition) is 2. The first-order valence-corrected chi connectivity index (χ1v) is 6.93. The summed E-state index contributed by atoms with van der Waals surface area (Å²) in [5, 5.41) is 16.7. The van der Waals surface area contributed by atoms with Gasteiger partial charge < -0.3 is 10.4 Å². The summed E-state index contributed by atoms with van der Waals surface area (Å²) in [5.74, 6) is -0.0993. The summed E-state index contributed by atoms with van der Waals surface area (Å²) in [4.78, 5) is 12.3. The molecule has 2 N–H and O–H groups in total. The van der Waals surface area contributed by atoms with Crippen molar-refractivity contribution in [2.75, 3.05) is 6.61 Å². The standard InChI is InChI=1S/C14H23N3O2/c1-10(2)17-11(6-8-15-17)13(19)16-12-5-4-7-14(12,3)9-18/h6,8,10,12,18H,4-5,7,9H2,1-3H3,(H,16,19). The molecule has 0 spiro atoms. The minimum atomic E-state index is -0.196. The molecule has 1 fully saturated rings. The number of aromatic nitrogens is 2. The van der Waals surface area contributed by atoms with Crippen molar-refractivity contribution < 1.29 is 9.90 Å². The Morgan fingerprint density at radius 1 is 1.68 bits per heavy atom. The van der Waals surface area contributed by atoms with Crippen molar-refractivity contribution in [3.05, 3.63) is 18.0 Å². The Labute approximate surface area is 114 Å². The van der Waals surface area contributed by atoms with E-state index in [0.717, 1.165) is 19.3 Å². The van der Waals surface area contributed by atoms with Crippen molar-refractivity contribution in [1.82, 2.24) is 15.1 Å². The average molecular weight is 265 g/mol. The summed E-state index contributed by atoms with van der Waals surface area (Å²) in [7, 11) is 0. The second kappa shape index (κ2) is 5.33. The molecule has 0 aromatic carbocycles. The highest BCUT2D eigenvalue weighted by molar-refractivity contribution is 5.92. The molecule has 2 rings (SSSR count). The van der Waals surface area contributed by atoms with Crippen LogP contribution in [0.5, 0.6) is 0 Å². The fraction of sp³-hybridized carbons (Fsp3) is 0.714. The summed E-state index contributed by atoms with van der Waals surface area (Å²) in [6.07, 6.45) is 4.58. The number of hydrogen-bond acceptors (Lipinski definition) is 3. The maximum Gasteiger partial charge on any atom is 0.269 e. The van der Waals surface area contributed by atoms with Crippen LogP contribution in [-0.2, 0) is 0 Å². The first-order chi connectivity index (χ1) is 8.98. The third kappa shape index (κ3) is 2.66. The van der Waals surface area contributed by atoms with E-state index in [0.29, 0.717) is 5.69 Å². The number of aliphatic hydroxyl groups is 1. The Morgan fingerprint density at radius 3 is 3.05 bits per heavy atom. The monoisotopic (exact) mass is 265 g/mol. The lowest BCUT2D eigenvalue weighted by molar-refractivity contribution is 0.0819. The molecule has 1 aliphatic rings. The van der Waals surface area contributed by atoms with Crippen LogP contribution >= 0.6 is 0 Å². The Balaban J connectivity index is 2.11. The van der Waals surface area contributed by atoms with Crippen LogP contribution in [0.4, 0.5) is 0 Å². The van der Waals surface area contributed by atoms with Crippen LogP contribution in [0, 0.1) is 5.41 Å². The van der Waals surface area contributed by atoms with E-state index >= 15 is 0 Å². The zero-order chi connectivity index (χ0) is 14.0. The summed E-state index contributed by atoms with van der Waals surface area (Å²) in [5.41, 5.74) is 0.389. The first kappa shape index (κ1) is 14.1. The van der Waals surface area contributed by atoms with Gasteiger partial charge in [-0.25, -0.2) is 0 Å². The van der Waals surface area contributed by atoms with Crippen LogP contribution < -0.4 is 5.32 Å². The van der Waals surface area contributed by atoms with Crippen molar-refractivity contribution in [3.8, 4) is 0 Å². The molecule has 106 valence electrons. The molecule has 1 heterocycles. The Bertz CT molecular complexity index is 455. The highest BCUT2D eigenvalue weighted by Crippen LogP contribution is 2.37. The predicted octanol–water partition coefficient (Wildman–Crippen LogP) is 1.74. The number of amides is 1. The molecule has 1 saturated carbocycles. The van der Waals surface area contributed by atoms with Gasteiger partial charge in [0.05, 0.1) is 6.61 Å². The molecule has 19 heavy (non-hydrogen) atoms. The Kier molecular flexibility index (Phi) is 3.94. The largest absolute Gasteiger partial charge is 0.396 e. The maximum absolute atomic E-state index is 12.3. The summed E-state index contributed by atoms with van der Waals surface area (Å²) in [6.45, 7) is 6.14. The van der Waals surface area contributed by atoms with E-state index in [1.165, 1.54) is 0 Å². The minimum absolute atomic E-state index is 0.0421. The first-order valence-electron chi connectivity index (χ1n) is 6.93. The van der Waals surface area contributed by atoms with Gasteiger partial charge in [-0.15, -0.1) is 0 Å². The van der Waals surface area contributed by atoms with Gasteiger partial charge in [0.1, 0.15) is 5.69 Å². The third-order valence-corrected chi connectivity index (χ3v) is 4.14. The topological polar surface area (TPSA) is 67.2 Å². The fourth-order valence-electron chi connectivity index (χ4n) is 2.81.